The summed E-state index contributed by atoms with van der Waals surface area (Å²) in [6.07, 6.45) is 2.77. The minimum atomic E-state index is -3.50. The van der Waals surface area contributed by atoms with Crippen LogP contribution in [0.2, 0.25) is 0 Å². The van der Waals surface area contributed by atoms with Gasteiger partial charge < -0.3 is 14.6 Å². The molecule has 1 aliphatic rings. The van der Waals surface area contributed by atoms with Crippen molar-refractivity contribution in [3.8, 4) is 0 Å². The highest BCUT2D eigenvalue weighted by atomic mass is 32.2. The molecule has 0 bridgehead atoms. The molecule has 0 spiro atoms. The van der Waals surface area contributed by atoms with E-state index in [1.165, 1.54) is 29.0 Å². The molecule has 1 N–H and O–H groups in total. The second-order valence-electron chi connectivity index (χ2n) is 5.83. The number of amides is 1. The molecule has 7 nitrogen and oxygen atoms in total. The Morgan fingerprint density at radius 2 is 1.80 bits per heavy atom. The molecule has 134 valence electrons. The zero-order chi connectivity index (χ0) is 17.9. The number of anilines is 1. The lowest BCUT2D eigenvalue weighted by Gasteiger charge is -2.33. The Kier molecular flexibility index (Phi) is 5.22. The Hall–Kier alpha value is -2.16. The van der Waals surface area contributed by atoms with Gasteiger partial charge in [0.15, 0.2) is 0 Å². The largest absolute Gasteiger partial charge is 0.472 e. The van der Waals surface area contributed by atoms with Crippen molar-refractivity contribution in [2.24, 2.45) is 0 Å². The van der Waals surface area contributed by atoms with Crippen molar-refractivity contribution in [3.05, 3.63) is 48.4 Å². The number of nitrogens with zero attached hydrogens (tertiary/aromatic N) is 2. The Balaban J connectivity index is 1.68. The Morgan fingerprint density at radius 3 is 2.36 bits per heavy atom. The summed E-state index contributed by atoms with van der Waals surface area (Å²) in [4.78, 5) is 14.4. The van der Waals surface area contributed by atoms with Crippen LogP contribution < -0.4 is 5.32 Å². The Labute approximate surface area is 147 Å². The molecule has 3 rings (SSSR count). The number of likely N-dealkylation sites (N-methyl/N-ethyl adjacent to an activating group) is 1. The van der Waals surface area contributed by atoms with Gasteiger partial charge in [-0.15, -0.1) is 0 Å². The average molecular weight is 363 g/mol. The summed E-state index contributed by atoms with van der Waals surface area (Å²) < 4.78 is 31.8. The topological polar surface area (TPSA) is 82.9 Å². The van der Waals surface area contributed by atoms with Gasteiger partial charge in [0.1, 0.15) is 6.26 Å². The third-order valence-corrected chi connectivity index (χ3v) is 6.22. The highest BCUT2D eigenvalue weighted by Gasteiger charge is 2.27. The molecule has 0 radical (unpaired) electrons. The van der Waals surface area contributed by atoms with E-state index in [1.807, 2.05) is 0 Å². The van der Waals surface area contributed by atoms with Crippen molar-refractivity contribution in [2.75, 3.05) is 38.0 Å². The van der Waals surface area contributed by atoms with Crippen molar-refractivity contribution < 1.29 is 17.6 Å². The number of hydrogen-bond acceptors (Lipinski definition) is 5. The number of hydrogen-bond donors (Lipinski definition) is 1. The maximum absolute atomic E-state index is 12.7. The van der Waals surface area contributed by atoms with Gasteiger partial charge in [0, 0.05) is 31.9 Å². The summed E-state index contributed by atoms with van der Waals surface area (Å²) in [5.74, 6) is -0.306. The number of benzene rings is 1. The number of carbonyl (C=O) groups is 1. The molecule has 0 saturated carbocycles. The van der Waals surface area contributed by atoms with Crippen LogP contribution in [0.1, 0.15) is 17.3 Å². The van der Waals surface area contributed by atoms with Crippen molar-refractivity contribution in [2.45, 2.75) is 11.8 Å². The third-order valence-electron chi connectivity index (χ3n) is 4.31. The number of piperazine rings is 1. The van der Waals surface area contributed by atoms with Crippen LogP contribution in [-0.4, -0.2) is 56.3 Å². The first-order valence-electron chi connectivity index (χ1n) is 8.17. The lowest BCUT2D eigenvalue weighted by Crippen LogP contribution is -2.48. The molecular formula is C17H21N3O4S. The number of nitrogens with one attached hydrogen (secondary N) is 1. The lowest BCUT2D eigenvalue weighted by molar-refractivity contribution is 0.102. The van der Waals surface area contributed by atoms with Gasteiger partial charge in [0.25, 0.3) is 5.91 Å². The van der Waals surface area contributed by atoms with E-state index in [-0.39, 0.29) is 10.8 Å². The molecule has 1 aromatic heterocycles. The summed E-state index contributed by atoms with van der Waals surface area (Å²) in [6, 6.07) is 7.78. The first-order valence-corrected chi connectivity index (χ1v) is 9.61. The molecule has 25 heavy (non-hydrogen) atoms. The molecular weight excluding hydrogens is 342 g/mol. The summed E-state index contributed by atoms with van der Waals surface area (Å²) in [7, 11) is -3.50. The van der Waals surface area contributed by atoms with E-state index >= 15 is 0 Å². The summed E-state index contributed by atoms with van der Waals surface area (Å²) >= 11 is 0. The van der Waals surface area contributed by atoms with Crippen LogP contribution in [0.25, 0.3) is 0 Å². The van der Waals surface area contributed by atoms with E-state index in [0.29, 0.717) is 24.3 Å². The van der Waals surface area contributed by atoms with E-state index in [2.05, 4.69) is 17.1 Å². The molecule has 0 aliphatic carbocycles. The van der Waals surface area contributed by atoms with Gasteiger partial charge in [-0.1, -0.05) is 6.92 Å². The SMILES string of the molecule is CCN1CCN(S(=O)(=O)c2ccc(NC(=O)c3ccoc3)cc2)CC1. The van der Waals surface area contributed by atoms with Crippen molar-refractivity contribution in [3.63, 3.8) is 0 Å². The highest BCUT2D eigenvalue weighted by Crippen LogP contribution is 2.20. The second-order valence-corrected chi connectivity index (χ2v) is 7.77. The molecule has 8 heteroatoms. The number of rotatable bonds is 5. The van der Waals surface area contributed by atoms with Crippen molar-refractivity contribution >= 4 is 21.6 Å². The minimum absolute atomic E-state index is 0.235. The molecule has 2 aromatic rings. The van der Waals surface area contributed by atoms with Gasteiger partial charge in [0.05, 0.1) is 16.7 Å². The van der Waals surface area contributed by atoms with Gasteiger partial charge in [-0.05, 0) is 36.9 Å². The molecule has 2 heterocycles. The molecule has 1 aromatic carbocycles. The van der Waals surface area contributed by atoms with Gasteiger partial charge in [-0.3, -0.25) is 4.79 Å². The summed E-state index contributed by atoms with van der Waals surface area (Å²) in [5, 5.41) is 2.70. The van der Waals surface area contributed by atoms with Gasteiger partial charge in [-0.2, -0.15) is 4.31 Å². The molecule has 1 amide bonds. The summed E-state index contributed by atoms with van der Waals surface area (Å²) in [5.41, 5.74) is 0.937. The summed E-state index contributed by atoms with van der Waals surface area (Å²) in [6.45, 7) is 5.48. The number of furan rings is 1. The second kappa shape index (κ2) is 7.38. The smallest absolute Gasteiger partial charge is 0.258 e. The fraction of sp³-hybridized carbons (Fsp3) is 0.353. The first kappa shape index (κ1) is 17.7. The monoisotopic (exact) mass is 363 g/mol. The van der Waals surface area contributed by atoms with E-state index in [4.69, 9.17) is 4.42 Å². The first-order chi connectivity index (χ1) is 12.0. The molecule has 0 unspecified atom stereocenters. The van der Waals surface area contributed by atoms with Crippen LogP contribution in [0.3, 0.4) is 0 Å². The van der Waals surface area contributed by atoms with Gasteiger partial charge in [-0.25, -0.2) is 8.42 Å². The molecule has 0 atom stereocenters. The maximum Gasteiger partial charge on any atom is 0.258 e. The fourth-order valence-electron chi connectivity index (χ4n) is 2.74. The van der Waals surface area contributed by atoms with Crippen LogP contribution >= 0.6 is 0 Å². The predicted molar refractivity (Wildman–Crippen MR) is 94.0 cm³/mol. The van der Waals surface area contributed by atoms with Crippen LogP contribution in [0.4, 0.5) is 5.69 Å². The van der Waals surface area contributed by atoms with E-state index in [9.17, 15) is 13.2 Å². The number of sulfonamides is 1. The van der Waals surface area contributed by atoms with Crippen molar-refractivity contribution in [1.82, 2.24) is 9.21 Å². The van der Waals surface area contributed by atoms with E-state index in [0.717, 1.165) is 19.6 Å². The zero-order valence-electron chi connectivity index (χ0n) is 14.0. The molecule has 1 saturated heterocycles. The van der Waals surface area contributed by atoms with Gasteiger partial charge in [0.2, 0.25) is 10.0 Å². The standard InChI is InChI=1S/C17H21N3O4S/c1-2-19-8-10-20(11-9-19)25(22,23)16-5-3-15(4-6-16)18-17(21)14-7-12-24-13-14/h3-7,12-13H,2,8-11H2,1H3,(H,18,21). The molecule has 1 fully saturated rings. The zero-order valence-corrected chi connectivity index (χ0v) is 14.8. The average Bonchev–Trinajstić information content (AvgIpc) is 3.17. The quantitative estimate of drug-likeness (QED) is 0.877. The van der Waals surface area contributed by atoms with Gasteiger partial charge >= 0.3 is 0 Å². The van der Waals surface area contributed by atoms with Crippen LogP contribution in [0.15, 0.2) is 52.2 Å². The van der Waals surface area contributed by atoms with Crippen LogP contribution in [0, 0.1) is 0 Å². The van der Waals surface area contributed by atoms with E-state index in [1.54, 1.807) is 18.2 Å². The van der Waals surface area contributed by atoms with Crippen LogP contribution in [-0.2, 0) is 10.0 Å². The fourth-order valence-corrected chi connectivity index (χ4v) is 4.16. The van der Waals surface area contributed by atoms with Crippen LogP contribution in [0.5, 0.6) is 0 Å². The number of carbonyl (C=O) groups excluding carboxylic acids is 1. The Morgan fingerprint density at radius 1 is 1.12 bits per heavy atom. The van der Waals surface area contributed by atoms with E-state index < -0.39 is 10.0 Å². The lowest BCUT2D eigenvalue weighted by atomic mass is 10.3. The maximum atomic E-state index is 12.7. The highest BCUT2D eigenvalue weighted by molar-refractivity contribution is 7.89. The third kappa shape index (κ3) is 3.92. The Bertz CT molecular complexity index is 808. The normalized spacial score (nSPS) is 16.7. The van der Waals surface area contributed by atoms with Crippen molar-refractivity contribution in [1.29, 1.82) is 0 Å². The predicted octanol–water partition coefficient (Wildman–Crippen LogP) is 1.86. The minimum Gasteiger partial charge on any atom is -0.472 e. The molecule has 1 aliphatic heterocycles.